The van der Waals surface area contributed by atoms with Gasteiger partial charge >= 0.3 is 0 Å². The van der Waals surface area contributed by atoms with Crippen molar-refractivity contribution in [3.05, 3.63) is 78.4 Å². The van der Waals surface area contributed by atoms with E-state index >= 15 is 0 Å². The van der Waals surface area contributed by atoms with Gasteiger partial charge in [-0.05, 0) is 37.3 Å². The molecule has 2 aliphatic heterocycles. The van der Waals surface area contributed by atoms with E-state index in [0.717, 1.165) is 23.8 Å². The Labute approximate surface area is 186 Å². The van der Waals surface area contributed by atoms with Gasteiger partial charge < -0.3 is 15.4 Å². The Kier molecular flexibility index (Phi) is 7.26. The zero-order valence-electron chi connectivity index (χ0n) is 18.5. The Morgan fingerprint density at radius 1 is 1.10 bits per heavy atom. The SMILES string of the molecule is C=CCOc1ccccc1CNC(=NC)NC1CC2CCC(C1)N2Cc1ccccc1. The molecule has 2 N–H and O–H groups in total. The van der Waals surface area contributed by atoms with Gasteiger partial charge in [0.1, 0.15) is 12.4 Å². The molecule has 2 saturated heterocycles. The van der Waals surface area contributed by atoms with Crippen LogP contribution in [0.1, 0.15) is 36.8 Å². The molecule has 2 atom stereocenters. The van der Waals surface area contributed by atoms with Crippen molar-refractivity contribution >= 4 is 5.96 Å². The molecule has 0 spiro atoms. The van der Waals surface area contributed by atoms with E-state index in [1.54, 1.807) is 6.08 Å². The lowest BCUT2D eigenvalue weighted by atomic mass is 9.96. The minimum absolute atomic E-state index is 0.461. The normalized spacial score (nSPS) is 23.4. The van der Waals surface area contributed by atoms with Crippen molar-refractivity contribution in [1.82, 2.24) is 15.5 Å². The quantitative estimate of drug-likeness (QED) is 0.385. The maximum Gasteiger partial charge on any atom is 0.191 e. The number of piperidine rings is 1. The standard InChI is InChI=1S/C26H34N4O/c1-3-15-31-25-12-8-7-11-21(25)18-28-26(27-2)29-22-16-23-13-14-24(17-22)30(23)19-20-9-5-4-6-10-20/h3-12,22-24H,1,13-19H2,2H3,(H2,27,28,29). The molecule has 2 heterocycles. The smallest absolute Gasteiger partial charge is 0.191 e. The summed E-state index contributed by atoms with van der Waals surface area (Å²) in [6, 6.07) is 20.7. The van der Waals surface area contributed by atoms with E-state index in [1.165, 1.54) is 31.2 Å². The van der Waals surface area contributed by atoms with Crippen molar-refractivity contribution in [3.8, 4) is 5.75 Å². The number of aliphatic imine (C=N–C) groups is 1. The number of hydrogen-bond acceptors (Lipinski definition) is 3. The summed E-state index contributed by atoms with van der Waals surface area (Å²) in [4.78, 5) is 7.19. The Morgan fingerprint density at radius 3 is 2.52 bits per heavy atom. The number of nitrogens with zero attached hydrogens (tertiary/aromatic N) is 2. The van der Waals surface area contributed by atoms with Crippen molar-refractivity contribution in [2.45, 2.75) is 56.9 Å². The molecule has 0 aromatic heterocycles. The summed E-state index contributed by atoms with van der Waals surface area (Å²) in [5, 5.41) is 7.15. The highest BCUT2D eigenvalue weighted by Gasteiger charge is 2.40. The first-order chi connectivity index (χ1) is 15.3. The molecular weight excluding hydrogens is 384 g/mol. The number of para-hydroxylation sites is 1. The summed E-state index contributed by atoms with van der Waals surface area (Å²) < 4.78 is 5.78. The number of rotatable bonds is 8. The van der Waals surface area contributed by atoms with Crippen LogP contribution in [0, 0.1) is 0 Å². The Hall–Kier alpha value is -2.79. The van der Waals surface area contributed by atoms with Crippen LogP contribution in [0.5, 0.6) is 5.75 Å². The zero-order chi connectivity index (χ0) is 21.5. The second kappa shape index (κ2) is 10.5. The van der Waals surface area contributed by atoms with Crippen LogP contribution in [0.15, 0.2) is 72.2 Å². The van der Waals surface area contributed by atoms with E-state index in [2.05, 4.69) is 63.5 Å². The molecule has 2 unspecified atom stereocenters. The number of benzene rings is 2. The van der Waals surface area contributed by atoms with E-state index in [1.807, 2.05) is 25.2 Å². The van der Waals surface area contributed by atoms with Crippen LogP contribution in [-0.2, 0) is 13.1 Å². The third-order valence-corrected chi connectivity index (χ3v) is 6.43. The molecule has 2 aliphatic rings. The van der Waals surface area contributed by atoms with E-state index in [9.17, 15) is 0 Å². The molecule has 0 saturated carbocycles. The maximum absolute atomic E-state index is 5.78. The van der Waals surface area contributed by atoms with Gasteiger partial charge in [0.25, 0.3) is 0 Å². The third kappa shape index (κ3) is 5.47. The average Bonchev–Trinajstić information content (AvgIpc) is 3.03. The maximum atomic E-state index is 5.78. The molecule has 31 heavy (non-hydrogen) atoms. The van der Waals surface area contributed by atoms with Gasteiger partial charge in [0.2, 0.25) is 0 Å². The molecule has 5 nitrogen and oxygen atoms in total. The van der Waals surface area contributed by atoms with Gasteiger partial charge in [-0.25, -0.2) is 0 Å². The summed E-state index contributed by atoms with van der Waals surface area (Å²) in [6.45, 7) is 5.98. The minimum atomic E-state index is 0.461. The Bertz CT molecular complexity index is 868. The van der Waals surface area contributed by atoms with Crippen molar-refractivity contribution in [3.63, 3.8) is 0 Å². The van der Waals surface area contributed by atoms with Crippen LogP contribution in [-0.4, -0.2) is 42.6 Å². The predicted molar refractivity (Wildman–Crippen MR) is 127 cm³/mol. The number of ether oxygens (including phenoxy) is 1. The van der Waals surface area contributed by atoms with Gasteiger partial charge in [0.15, 0.2) is 5.96 Å². The third-order valence-electron chi connectivity index (χ3n) is 6.43. The van der Waals surface area contributed by atoms with Crippen molar-refractivity contribution in [2.75, 3.05) is 13.7 Å². The highest BCUT2D eigenvalue weighted by Crippen LogP contribution is 2.36. The molecule has 2 bridgehead atoms. The first kappa shape index (κ1) is 21.4. The molecule has 0 radical (unpaired) electrons. The topological polar surface area (TPSA) is 48.9 Å². The molecule has 5 heteroatoms. The van der Waals surface area contributed by atoms with Crippen LogP contribution in [0.25, 0.3) is 0 Å². The summed E-state index contributed by atoms with van der Waals surface area (Å²) in [5.74, 6) is 1.75. The van der Waals surface area contributed by atoms with Gasteiger partial charge in [0.05, 0.1) is 0 Å². The van der Waals surface area contributed by atoms with Crippen molar-refractivity contribution < 1.29 is 4.74 Å². The number of nitrogens with one attached hydrogen (secondary N) is 2. The molecule has 164 valence electrons. The van der Waals surface area contributed by atoms with Gasteiger partial charge in [-0.1, -0.05) is 61.2 Å². The lowest BCUT2D eigenvalue weighted by Crippen LogP contribution is -2.52. The summed E-state index contributed by atoms with van der Waals surface area (Å²) in [7, 11) is 1.84. The second-order valence-corrected chi connectivity index (χ2v) is 8.49. The number of hydrogen-bond donors (Lipinski definition) is 2. The van der Waals surface area contributed by atoms with Crippen LogP contribution in [0.2, 0.25) is 0 Å². The van der Waals surface area contributed by atoms with E-state index in [4.69, 9.17) is 4.74 Å². The minimum Gasteiger partial charge on any atom is -0.489 e. The highest BCUT2D eigenvalue weighted by molar-refractivity contribution is 5.80. The van der Waals surface area contributed by atoms with Gasteiger partial charge in [0, 0.05) is 43.8 Å². The monoisotopic (exact) mass is 418 g/mol. The van der Waals surface area contributed by atoms with Gasteiger partial charge in [-0.15, -0.1) is 0 Å². The first-order valence-corrected chi connectivity index (χ1v) is 11.3. The molecular formula is C26H34N4O. The zero-order valence-corrected chi connectivity index (χ0v) is 18.5. The first-order valence-electron chi connectivity index (χ1n) is 11.3. The molecule has 0 amide bonds. The summed E-state index contributed by atoms with van der Waals surface area (Å²) in [5.41, 5.74) is 2.53. The molecule has 0 aliphatic carbocycles. The van der Waals surface area contributed by atoms with Crippen molar-refractivity contribution in [1.29, 1.82) is 0 Å². The Balaban J connectivity index is 1.31. The molecule has 4 rings (SSSR count). The predicted octanol–water partition coefficient (Wildman–Crippen LogP) is 4.11. The van der Waals surface area contributed by atoms with Crippen LogP contribution in [0.3, 0.4) is 0 Å². The van der Waals surface area contributed by atoms with E-state index < -0.39 is 0 Å². The van der Waals surface area contributed by atoms with Gasteiger partial charge in [-0.3, -0.25) is 9.89 Å². The number of fused-ring (bicyclic) bond motifs is 2. The lowest BCUT2D eigenvalue weighted by molar-refractivity contribution is 0.114. The summed E-state index contributed by atoms with van der Waals surface area (Å²) in [6.07, 6.45) is 6.71. The largest absolute Gasteiger partial charge is 0.489 e. The van der Waals surface area contributed by atoms with Crippen molar-refractivity contribution in [2.24, 2.45) is 4.99 Å². The lowest BCUT2D eigenvalue weighted by Gasteiger charge is -2.39. The second-order valence-electron chi connectivity index (χ2n) is 8.49. The fraction of sp³-hybridized carbons (Fsp3) is 0.423. The average molecular weight is 419 g/mol. The fourth-order valence-corrected chi connectivity index (χ4v) is 4.95. The Morgan fingerprint density at radius 2 is 1.81 bits per heavy atom. The van der Waals surface area contributed by atoms with E-state index in [-0.39, 0.29) is 0 Å². The molecule has 2 fully saturated rings. The fourth-order valence-electron chi connectivity index (χ4n) is 4.95. The van der Waals surface area contributed by atoms with Crippen LogP contribution >= 0.6 is 0 Å². The van der Waals surface area contributed by atoms with Gasteiger partial charge in [-0.2, -0.15) is 0 Å². The number of guanidine groups is 1. The van der Waals surface area contributed by atoms with Crippen LogP contribution < -0.4 is 15.4 Å². The van der Waals surface area contributed by atoms with E-state index in [0.29, 0.717) is 31.3 Å². The van der Waals surface area contributed by atoms with Crippen LogP contribution in [0.4, 0.5) is 0 Å². The molecule has 2 aromatic rings. The molecule has 2 aromatic carbocycles. The highest BCUT2D eigenvalue weighted by atomic mass is 16.5. The summed E-state index contributed by atoms with van der Waals surface area (Å²) >= 11 is 0.